The number of hydrogen-bond donors (Lipinski definition) is 1. The molecule has 0 saturated carbocycles. The van der Waals surface area contributed by atoms with Crippen LogP contribution in [0.5, 0.6) is 23.0 Å². The molecule has 0 atom stereocenters. The summed E-state index contributed by atoms with van der Waals surface area (Å²) in [5, 5.41) is 4.08. The molecule has 1 amide bonds. The molecule has 0 bridgehead atoms. The van der Waals surface area contributed by atoms with Gasteiger partial charge in [-0.25, -0.2) is 5.43 Å². The molecule has 1 N–H and O–H groups in total. The Labute approximate surface area is 200 Å². The van der Waals surface area contributed by atoms with Gasteiger partial charge in [-0.15, -0.1) is 0 Å². The molecular weight excluding hydrogens is 488 g/mol. The average Bonchev–Trinajstić information content (AvgIpc) is 3.27. The van der Waals surface area contributed by atoms with Gasteiger partial charge in [0.1, 0.15) is 6.61 Å². The van der Waals surface area contributed by atoms with Gasteiger partial charge in [0.25, 0.3) is 0 Å². The SMILES string of the molecule is CCOc1cc(/C=N\NC(=O)Cc2ccc3c(c2)OCO3)cc(Br)c1OCc1ccccc1. The van der Waals surface area contributed by atoms with Crippen molar-refractivity contribution in [3.63, 3.8) is 0 Å². The van der Waals surface area contributed by atoms with Crippen molar-refractivity contribution in [2.75, 3.05) is 13.4 Å². The molecule has 0 aliphatic carbocycles. The molecule has 0 aromatic heterocycles. The number of ether oxygens (including phenoxy) is 4. The van der Waals surface area contributed by atoms with Gasteiger partial charge >= 0.3 is 0 Å². The third-order valence-electron chi connectivity index (χ3n) is 4.76. The van der Waals surface area contributed by atoms with E-state index in [1.807, 2.05) is 55.5 Å². The number of rotatable bonds is 9. The van der Waals surface area contributed by atoms with Gasteiger partial charge in [0.2, 0.25) is 12.7 Å². The monoisotopic (exact) mass is 510 g/mol. The highest BCUT2D eigenvalue weighted by Crippen LogP contribution is 2.37. The fourth-order valence-electron chi connectivity index (χ4n) is 3.25. The van der Waals surface area contributed by atoms with Crippen LogP contribution in [0.25, 0.3) is 0 Å². The van der Waals surface area contributed by atoms with Crippen molar-refractivity contribution in [2.24, 2.45) is 5.10 Å². The summed E-state index contributed by atoms with van der Waals surface area (Å²) in [6.07, 6.45) is 1.74. The molecule has 7 nitrogen and oxygen atoms in total. The number of carbonyl (C=O) groups is 1. The first kappa shape index (κ1) is 22.7. The number of amides is 1. The van der Waals surface area contributed by atoms with Crippen molar-refractivity contribution >= 4 is 28.1 Å². The first-order valence-electron chi connectivity index (χ1n) is 10.5. The van der Waals surface area contributed by atoms with Gasteiger partial charge in [0.05, 0.1) is 23.7 Å². The zero-order valence-corrected chi connectivity index (χ0v) is 19.6. The maximum atomic E-state index is 12.3. The molecule has 3 aromatic carbocycles. The Morgan fingerprint density at radius 3 is 2.70 bits per heavy atom. The summed E-state index contributed by atoms with van der Waals surface area (Å²) in [6, 6.07) is 19.0. The number of halogens is 1. The zero-order valence-electron chi connectivity index (χ0n) is 18.0. The van der Waals surface area contributed by atoms with Crippen LogP contribution in [0.2, 0.25) is 0 Å². The molecule has 3 aromatic rings. The van der Waals surface area contributed by atoms with E-state index in [0.717, 1.165) is 21.2 Å². The minimum atomic E-state index is -0.239. The lowest BCUT2D eigenvalue weighted by Crippen LogP contribution is -2.19. The number of nitrogens with zero attached hydrogens (tertiary/aromatic N) is 1. The lowest BCUT2D eigenvalue weighted by Gasteiger charge is -2.14. The first-order valence-corrected chi connectivity index (χ1v) is 11.2. The van der Waals surface area contributed by atoms with Crippen LogP contribution in [0.3, 0.4) is 0 Å². The van der Waals surface area contributed by atoms with Crippen molar-refractivity contribution in [3.8, 4) is 23.0 Å². The normalized spacial score (nSPS) is 12.1. The Kier molecular flexibility index (Phi) is 7.47. The van der Waals surface area contributed by atoms with E-state index in [1.54, 1.807) is 18.3 Å². The molecule has 33 heavy (non-hydrogen) atoms. The highest BCUT2D eigenvalue weighted by atomic mass is 79.9. The zero-order chi connectivity index (χ0) is 23.0. The molecule has 4 rings (SSSR count). The van der Waals surface area contributed by atoms with Crippen LogP contribution in [-0.2, 0) is 17.8 Å². The van der Waals surface area contributed by atoms with Crippen LogP contribution in [0, 0.1) is 0 Å². The summed E-state index contributed by atoms with van der Waals surface area (Å²) < 4.78 is 23.1. The van der Waals surface area contributed by atoms with E-state index in [-0.39, 0.29) is 19.1 Å². The second kappa shape index (κ2) is 10.9. The molecule has 8 heteroatoms. The average molecular weight is 511 g/mol. The van der Waals surface area contributed by atoms with Crippen molar-refractivity contribution in [1.82, 2.24) is 5.43 Å². The standard InChI is InChI=1S/C25H23BrN2O5/c1-2-30-23-12-19(10-20(26)25(23)31-15-17-6-4-3-5-7-17)14-27-28-24(29)13-18-8-9-21-22(11-18)33-16-32-21/h3-12,14H,2,13,15-16H2,1H3,(H,28,29)/b27-14-. The number of carbonyl (C=O) groups excluding carboxylic acids is 1. The lowest BCUT2D eigenvalue weighted by atomic mass is 10.1. The molecule has 1 aliphatic rings. The maximum absolute atomic E-state index is 12.3. The topological polar surface area (TPSA) is 78.4 Å². The van der Waals surface area contributed by atoms with Gasteiger partial charge in [0.15, 0.2) is 23.0 Å². The van der Waals surface area contributed by atoms with Crippen LogP contribution in [-0.4, -0.2) is 25.5 Å². The van der Waals surface area contributed by atoms with Gasteiger partial charge in [-0.1, -0.05) is 36.4 Å². The van der Waals surface area contributed by atoms with Crippen LogP contribution in [0.15, 0.2) is 70.2 Å². The third-order valence-corrected chi connectivity index (χ3v) is 5.35. The molecule has 0 radical (unpaired) electrons. The van der Waals surface area contributed by atoms with E-state index >= 15 is 0 Å². The molecule has 0 spiro atoms. The number of hydrogen-bond acceptors (Lipinski definition) is 6. The van der Waals surface area contributed by atoms with Gasteiger partial charge in [-0.3, -0.25) is 4.79 Å². The van der Waals surface area contributed by atoms with Crippen LogP contribution in [0.4, 0.5) is 0 Å². The highest BCUT2D eigenvalue weighted by Gasteiger charge is 2.15. The summed E-state index contributed by atoms with van der Waals surface area (Å²) in [5.41, 5.74) is 5.17. The molecular formula is C25H23BrN2O5. The molecule has 0 saturated heterocycles. The molecule has 1 aliphatic heterocycles. The fraction of sp³-hybridized carbons (Fsp3) is 0.200. The third kappa shape index (κ3) is 6.04. The van der Waals surface area contributed by atoms with E-state index in [1.165, 1.54) is 0 Å². The predicted octanol–water partition coefficient (Wildman–Crippen LogP) is 4.85. The number of benzene rings is 3. The Morgan fingerprint density at radius 1 is 1.06 bits per heavy atom. The Hall–Kier alpha value is -3.52. The minimum absolute atomic E-state index is 0.175. The van der Waals surface area contributed by atoms with E-state index in [4.69, 9.17) is 18.9 Å². The van der Waals surface area contributed by atoms with Crippen molar-refractivity contribution in [1.29, 1.82) is 0 Å². The second-order valence-electron chi connectivity index (χ2n) is 7.19. The predicted molar refractivity (Wildman–Crippen MR) is 128 cm³/mol. The summed E-state index contributed by atoms with van der Waals surface area (Å²) in [4.78, 5) is 12.3. The molecule has 1 heterocycles. The Bertz CT molecular complexity index is 1150. The smallest absolute Gasteiger partial charge is 0.244 e. The molecule has 0 unspecified atom stereocenters. The van der Waals surface area contributed by atoms with E-state index < -0.39 is 0 Å². The number of nitrogens with one attached hydrogen (secondary N) is 1. The van der Waals surface area contributed by atoms with Gasteiger partial charge in [-0.2, -0.15) is 5.10 Å². The lowest BCUT2D eigenvalue weighted by molar-refractivity contribution is -0.120. The second-order valence-corrected chi connectivity index (χ2v) is 8.05. The van der Waals surface area contributed by atoms with Crippen LogP contribution in [0.1, 0.15) is 23.6 Å². The van der Waals surface area contributed by atoms with Crippen molar-refractivity contribution in [2.45, 2.75) is 20.0 Å². The van der Waals surface area contributed by atoms with Gasteiger partial charge in [-0.05, 0) is 63.8 Å². The highest BCUT2D eigenvalue weighted by molar-refractivity contribution is 9.10. The van der Waals surface area contributed by atoms with Gasteiger partial charge < -0.3 is 18.9 Å². The number of fused-ring (bicyclic) bond motifs is 1. The largest absolute Gasteiger partial charge is 0.490 e. The van der Waals surface area contributed by atoms with Crippen LogP contribution >= 0.6 is 15.9 Å². The number of hydrazone groups is 1. The molecule has 0 fully saturated rings. The summed E-state index contributed by atoms with van der Waals surface area (Å²) >= 11 is 3.56. The Balaban J connectivity index is 1.39. The first-order chi connectivity index (χ1) is 16.1. The van der Waals surface area contributed by atoms with E-state index in [2.05, 4.69) is 26.5 Å². The fourth-order valence-corrected chi connectivity index (χ4v) is 3.82. The van der Waals surface area contributed by atoms with E-state index in [0.29, 0.717) is 36.2 Å². The van der Waals surface area contributed by atoms with Crippen LogP contribution < -0.4 is 24.4 Å². The summed E-state index contributed by atoms with van der Waals surface area (Å²) in [5.74, 6) is 2.30. The summed E-state index contributed by atoms with van der Waals surface area (Å²) in [6.45, 7) is 3.01. The van der Waals surface area contributed by atoms with Gasteiger partial charge in [0, 0.05) is 0 Å². The van der Waals surface area contributed by atoms with Crippen molar-refractivity contribution in [3.05, 3.63) is 81.8 Å². The Morgan fingerprint density at radius 2 is 1.88 bits per heavy atom. The summed E-state index contributed by atoms with van der Waals surface area (Å²) in [7, 11) is 0. The van der Waals surface area contributed by atoms with E-state index in [9.17, 15) is 4.79 Å². The minimum Gasteiger partial charge on any atom is -0.490 e. The maximum Gasteiger partial charge on any atom is 0.244 e. The van der Waals surface area contributed by atoms with Crippen molar-refractivity contribution < 1.29 is 23.7 Å². The molecule has 170 valence electrons. The quantitative estimate of drug-likeness (QED) is 0.329.